The zero-order valence-corrected chi connectivity index (χ0v) is 13.6. The summed E-state index contributed by atoms with van der Waals surface area (Å²) >= 11 is 0. The largest absolute Gasteiger partial charge is 0.489 e. The average molecular weight is 332 g/mol. The van der Waals surface area contributed by atoms with Crippen molar-refractivity contribution in [2.24, 2.45) is 0 Å². The first kappa shape index (κ1) is 16.7. The highest BCUT2D eigenvalue weighted by atomic mass is 19.1. The van der Waals surface area contributed by atoms with E-state index in [1.165, 1.54) is 18.2 Å². The zero-order valence-electron chi connectivity index (χ0n) is 13.6. The summed E-state index contributed by atoms with van der Waals surface area (Å²) in [4.78, 5) is 12.0. The van der Waals surface area contributed by atoms with Crippen LogP contribution in [0.25, 0.3) is 6.08 Å². The fraction of sp³-hybridized carbons (Fsp3) is 0.0455. The number of ketones is 1. The van der Waals surface area contributed by atoms with E-state index in [-0.39, 0.29) is 11.3 Å². The van der Waals surface area contributed by atoms with Crippen LogP contribution >= 0.6 is 0 Å². The number of carbonyl (C=O) groups excluding carboxylic acids is 1. The van der Waals surface area contributed by atoms with Crippen molar-refractivity contribution in [3.63, 3.8) is 0 Å². The van der Waals surface area contributed by atoms with Crippen LogP contribution in [0.5, 0.6) is 5.75 Å². The first-order chi connectivity index (χ1) is 12.2. The molecule has 3 aromatic rings. The second-order valence-corrected chi connectivity index (χ2v) is 5.52. The molecule has 0 saturated carbocycles. The van der Waals surface area contributed by atoms with Crippen LogP contribution in [0.1, 0.15) is 21.5 Å². The molecule has 0 N–H and O–H groups in total. The van der Waals surface area contributed by atoms with Gasteiger partial charge < -0.3 is 4.74 Å². The van der Waals surface area contributed by atoms with Gasteiger partial charge in [0.25, 0.3) is 0 Å². The Kier molecular flexibility index (Phi) is 5.37. The highest BCUT2D eigenvalue weighted by Gasteiger charge is 2.07. The van der Waals surface area contributed by atoms with E-state index in [2.05, 4.69) is 0 Å². The molecule has 3 rings (SSSR count). The molecular formula is C22H17FO2. The summed E-state index contributed by atoms with van der Waals surface area (Å²) < 4.78 is 19.3. The van der Waals surface area contributed by atoms with Gasteiger partial charge in [0.1, 0.15) is 18.2 Å². The standard InChI is InChI=1S/C22H17FO2/c23-21-9-5-4-8-20(21)22(24)15-12-17-10-13-19(14-11-17)25-16-18-6-2-1-3-7-18/h1-15H,16H2/b15-12+. The van der Waals surface area contributed by atoms with E-state index in [1.807, 2.05) is 54.6 Å². The number of allylic oxidation sites excluding steroid dienone is 1. The van der Waals surface area contributed by atoms with Crippen molar-refractivity contribution in [2.75, 3.05) is 0 Å². The lowest BCUT2D eigenvalue weighted by molar-refractivity contribution is 0.104. The summed E-state index contributed by atoms with van der Waals surface area (Å²) in [5.74, 6) is -0.120. The third-order valence-corrected chi connectivity index (χ3v) is 3.69. The Morgan fingerprint density at radius 3 is 2.28 bits per heavy atom. The molecule has 0 atom stereocenters. The molecule has 0 bridgehead atoms. The highest BCUT2D eigenvalue weighted by molar-refractivity contribution is 6.06. The van der Waals surface area contributed by atoms with Crippen molar-refractivity contribution >= 4 is 11.9 Å². The Balaban J connectivity index is 1.60. The molecule has 0 aromatic heterocycles. The third kappa shape index (κ3) is 4.64. The second kappa shape index (κ2) is 8.06. The monoisotopic (exact) mass is 332 g/mol. The maximum atomic E-state index is 13.6. The Morgan fingerprint density at radius 2 is 1.56 bits per heavy atom. The lowest BCUT2D eigenvalue weighted by Gasteiger charge is -2.06. The number of halogens is 1. The molecule has 0 radical (unpaired) electrons. The predicted molar refractivity (Wildman–Crippen MR) is 97.0 cm³/mol. The molecule has 0 heterocycles. The Bertz CT molecular complexity index is 868. The summed E-state index contributed by atoms with van der Waals surface area (Å²) in [5, 5.41) is 0. The van der Waals surface area contributed by atoms with Crippen LogP contribution in [0.15, 0.2) is 84.9 Å². The lowest BCUT2D eigenvalue weighted by Crippen LogP contribution is -1.97. The summed E-state index contributed by atoms with van der Waals surface area (Å²) in [6, 6.07) is 23.3. The van der Waals surface area contributed by atoms with Crippen LogP contribution in [-0.2, 0) is 6.61 Å². The van der Waals surface area contributed by atoms with Crippen molar-refractivity contribution in [3.8, 4) is 5.75 Å². The van der Waals surface area contributed by atoms with E-state index in [0.717, 1.165) is 16.9 Å². The summed E-state index contributed by atoms with van der Waals surface area (Å²) in [6.07, 6.45) is 3.04. The van der Waals surface area contributed by atoms with Crippen molar-refractivity contribution in [3.05, 3.63) is 107 Å². The minimum absolute atomic E-state index is 0.0709. The molecule has 0 aliphatic heterocycles. The van der Waals surface area contributed by atoms with Gasteiger partial charge in [0.05, 0.1) is 5.56 Å². The van der Waals surface area contributed by atoms with Crippen molar-refractivity contribution < 1.29 is 13.9 Å². The minimum atomic E-state index is -0.512. The van der Waals surface area contributed by atoms with Gasteiger partial charge in [0, 0.05) is 0 Å². The SMILES string of the molecule is O=C(/C=C/c1ccc(OCc2ccccc2)cc1)c1ccccc1F. The van der Waals surface area contributed by atoms with Crippen LogP contribution in [-0.4, -0.2) is 5.78 Å². The number of hydrogen-bond acceptors (Lipinski definition) is 2. The quantitative estimate of drug-likeness (QED) is 0.452. The van der Waals surface area contributed by atoms with E-state index in [9.17, 15) is 9.18 Å². The molecule has 0 saturated heterocycles. The third-order valence-electron chi connectivity index (χ3n) is 3.69. The fourth-order valence-electron chi connectivity index (χ4n) is 2.34. The van der Waals surface area contributed by atoms with E-state index >= 15 is 0 Å². The molecule has 0 amide bonds. The first-order valence-electron chi connectivity index (χ1n) is 7.96. The normalized spacial score (nSPS) is 10.8. The Morgan fingerprint density at radius 1 is 0.880 bits per heavy atom. The van der Waals surface area contributed by atoms with Crippen LogP contribution in [0.4, 0.5) is 4.39 Å². The molecular weight excluding hydrogens is 315 g/mol. The van der Waals surface area contributed by atoms with Crippen LogP contribution in [0.2, 0.25) is 0 Å². The minimum Gasteiger partial charge on any atom is -0.489 e. The van der Waals surface area contributed by atoms with Gasteiger partial charge in [0.2, 0.25) is 0 Å². The first-order valence-corrected chi connectivity index (χ1v) is 7.96. The highest BCUT2D eigenvalue weighted by Crippen LogP contribution is 2.16. The average Bonchev–Trinajstić information content (AvgIpc) is 2.66. The van der Waals surface area contributed by atoms with E-state index in [0.29, 0.717) is 6.61 Å². The van der Waals surface area contributed by atoms with E-state index < -0.39 is 5.82 Å². The molecule has 124 valence electrons. The van der Waals surface area contributed by atoms with E-state index in [1.54, 1.807) is 18.2 Å². The summed E-state index contributed by atoms with van der Waals surface area (Å²) in [5.41, 5.74) is 2.01. The van der Waals surface area contributed by atoms with Gasteiger partial charge in [-0.1, -0.05) is 60.7 Å². The smallest absolute Gasteiger partial charge is 0.188 e. The van der Waals surface area contributed by atoms with Crippen molar-refractivity contribution in [2.45, 2.75) is 6.61 Å². The number of hydrogen-bond donors (Lipinski definition) is 0. The van der Waals surface area contributed by atoms with Gasteiger partial charge in [0.15, 0.2) is 5.78 Å². The number of carbonyl (C=O) groups is 1. The van der Waals surface area contributed by atoms with Gasteiger partial charge in [-0.15, -0.1) is 0 Å². The zero-order chi connectivity index (χ0) is 17.5. The molecule has 0 aliphatic rings. The van der Waals surface area contributed by atoms with Crippen LogP contribution in [0, 0.1) is 5.82 Å². The Labute approximate surface area is 146 Å². The maximum absolute atomic E-state index is 13.6. The summed E-state index contributed by atoms with van der Waals surface area (Å²) in [6.45, 7) is 0.502. The molecule has 0 unspecified atom stereocenters. The predicted octanol–water partition coefficient (Wildman–Crippen LogP) is 5.30. The molecule has 0 aliphatic carbocycles. The maximum Gasteiger partial charge on any atom is 0.188 e. The molecule has 0 spiro atoms. The number of rotatable bonds is 6. The van der Waals surface area contributed by atoms with Crippen LogP contribution < -0.4 is 4.74 Å². The molecule has 2 nitrogen and oxygen atoms in total. The van der Waals surface area contributed by atoms with Crippen molar-refractivity contribution in [1.29, 1.82) is 0 Å². The van der Waals surface area contributed by atoms with Gasteiger partial charge in [-0.3, -0.25) is 4.79 Å². The van der Waals surface area contributed by atoms with Crippen LogP contribution in [0.3, 0.4) is 0 Å². The summed E-state index contributed by atoms with van der Waals surface area (Å²) in [7, 11) is 0. The molecule has 25 heavy (non-hydrogen) atoms. The molecule has 0 fully saturated rings. The number of ether oxygens (including phenoxy) is 1. The Hall–Kier alpha value is -3.20. The van der Waals surface area contributed by atoms with E-state index in [4.69, 9.17) is 4.74 Å². The lowest BCUT2D eigenvalue weighted by atomic mass is 10.1. The van der Waals surface area contributed by atoms with Gasteiger partial charge >= 0.3 is 0 Å². The van der Waals surface area contributed by atoms with Gasteiger partial charge in [-0.25, -0.2) is 4.39 Å². The van der Waals surface area contributed by atoms with Crippen molar-refractivity contribution in [1.82, 2.24) is 0 Å². The topological polar surface area (TPSA) is 26.3 Å². The molecule has 3 heteroatoms. The molecule has 3 aromatic carbocycles. The fourth-order valence-corrected chi connectivity index (χ4v) is 2.34. The van der Waals surface area contributed by atoms with Gasteiger partial charge in [-0.2, -0.15) is 0 Å². The van der Waals surface area contributed by atoms with Gasteiger partial charge in [-0.05, 0) is 41.5 Å². The second-order valence-electron chi connectivity index (χ2n) is 5.52. The number of benzene rings is 3.